The molecule has 0 saturated heterocycles. The number of nitrogens with zero attached hydrogens (tertiary/aromatic N) is 1. The van der Waals surface area contributed by atoms with Crippen LogP contribution in [0.1, 0.15) is 68.6 Å². The van der Waals surface area contributed by atoms with E-state index in [9.17, 15) is 15.0 Å². The highest BCUT2D eigenvalue weighted by atomic mass is 32.1. The van der Waals surface area contributed by atoms with Crippen molar-refractivity contribution in [2.24, 2.45) is 0 Å². The van der Waals surface area contributed by atoms with Crippen molar-refractivity contribution < 1.29 is 19.6 Å². The number of carbonyl (C=O) groups excluding carboxylic acids is 1. The van der Waals surface area contributed by atoms with Crippen LogP contribution in [-0.4, -0.2) is 11.1 Å². The predicted octanol–water partition coefficient (Wildman–Crippen LogP) is 6.16. The minimum Gasteiger partial charge on any atom is -0.545 e. The van der Waals surface area contributed by atoms with Gasteiger partial charge in [-0.3, -0.25) is 0 Å². The molecule has 0 aliphatic heterocycles. The monoisotopic (exact) mass is 514 g/mol. The fourth-order valence-electron chi connectivity index (χ4n) is 4.33. The van der Waals surface area contributed by atoms with Crippen LogP contribution in [0, 0.1) is 0 Å². The Balaban J connectivity index is 1.88. The van der Waals surface area contributed by atoms with Crippen molar-refractivity contribution in [2.45, 2.75) is 58.9 Å². The first-order chi connectivity index (χ1) is 17.3. The van der Waals surface area contributed by atoms with Gasteiger partial charge in [-0.1, -0.05) is 95.3 Å². The van der Waals surface area contributed by atoms with Crippen LogP contribution in [0.5, 0.6) is 5.75 Å². The number of aromatic nitrogens is 1. The zero-order valence-corrected chi connectivity index (χ0v) is 23.1. The molecule has 0 aliphatic rings. The van der Waals surface area contributed by atoms with Crippen molar-refractivity contribution in [3.05, 3.63) is 94.4 Å². The number of benzene rings is 3. The van der Waals surface area contributed by atoms with Crippen molar-refractivity contribution in [3.63, 3.8) is 0 Å². The molecule has 2 N–H and O–H groups in total. The minimum absolute atomic E-state index is 0.157. The zero-order valence-electron chi connectivity index (χ0n) is 22.3. The molecule has 0 spiro atoms. The second-order valence-electron chi connectivity index (χ2n) is 11.4. The van der Waals surface area contributed by atoms with E-state index in [4.69, 9.17) is 0 Å². The third-order valence-corrected chi connectivity index (χ3v) is 7.28. The molecule has 6 heteroatoms. The van der Waals surface area contributed by atoms with Crippen LogP contribution in [0.4, 0.5) is 10.8 Å². The van der Waals surface area contributed by atoms with Crippen molar-refractivity contribution in [3.8, 4) is 17.0 Å². The van der Waals surface area contributed by atoms with Gasteiger partial charge >= 0.3 is 5.13 Å². The molecule has 4 rings (SSSR count). The molecule has 192 valence electrons. The number of aromatic hydroxyl groups is 1. The maximum absolute atomic E-state index is 11.2. The van der Waals surface area contributed by atoms with Crippen molar-refractivity contribution >= 4 is 28.1 Å². The van der Waals surface area contributed by atoms with E-state index in [1.807, 2.05) is 42.5 Å². The summed E-state index contributed by atoms with van der Waals surface area (Å²) >= 11 is 1.61. The van der Waals surface area contributed by atoms with Crippen LogP contribution in [0.2, 0.25) is 0 Å². The first-order valence-corrected chi connectivity index (χ1v) is 13.2. The Hall–Kier alpha value is -3.64. The summed E-state index contributed by atoms with van der Waals surface area (Å²) in [5.74, 6) is -0.832. The van der Waals surface area contributed by atoms with Gasteiger partial charge in [-0.15, -0.1) is 0 Å². The van der Waals surface area contributed by atoms with Gasteiger partial charge in [-0.05, 0) is 46.2 Å². The maximum atomic E-state index is 11.2. The van der Waals surface area contributed by atoms with Crippen LogP contribution in [0.15, 0.2) is 72.1 Å². The lowest BCUT2D eigenvalue weighted by molar-refractivity contribution is -0.659. The molecule has 3 aromatic carbocycles. The quantitative estimate of drug-likeness (QED) is 0.302. The van der Waals surface area contributed by atoms with Gasteiger partial charge in [0, 0.05) is 22.1 Å². The largest absolute Gasteiger partial charge is 0.545 e. The van der Waals surface area contributed by atoms with E-state index in [1.54, 1.807) is 23.5 Å². The molecule has 0 amide bonds. The number of aromatic carboxylic acids is 1. The summed E-state index contributed by atoms with van der Waals surface area (Å²) in [7, 11) is 0. The molecule has 4 aromatic rings. The van der Waals surface area contributed by atoms with E-state index in [1.165, 1.54) is 0 Å². The third kappa shape index (κ3) is 5.86. The first kappa shape index (κ1) is 26.4. The molecule has 0 saturated carbocycles. The Kier molecular flexibility index (Phi) is 7.16. The van der Waals surface area contributed by atoms with Crippen LogP contribution in [-0.2, 0) is 17.4 Å². The Morgan fingerprint density at radius 2 is 1.49 bits per heavy atom. The number of thiazole rings is 1. The van der Waals surface area contributed by atoms with E-state index in [-0.39, 0.29) is 16.4 Å². The molecule has 0 fully saturated rings. The second kappa shape index (κ2) is 10.0. The van der Waals surface area contributed by atoms with Crippen molar-refractivity contribution in [1.29, 1.82) is 0 Å². The summed E-state index contributed by atoms with van der Waals surface area (Å²) in [6.07, 6.45) is 0. The van der Waals surface area contributed by atoms with E-state index >= 15 is 0 Å². The van der Waals surface area contributed by atoms with Gasteiger partial charge in [-0.2, -0.15) is 0 Å². The first-order valence-electron chi connectivity index (χ1n) is 12.4. The van der Waals surface area contributed by atoms with Crippen LogP contribution in [0.3, 0.4) is 0 Å². The molecule has 0 radical (unpaired) electrons. The summed E-state index contributed by atoms with van der Waals surface area (Å²) in [5.41, 5.74) is 5.47. The highest BCUT2D eigenvalue weighted by Gasteiger charge is 2.29. The van der Waals surface area contributed by atoms with Gasteiger partial charge in [0.2, 0.25) is 0 Å². The Morgan fingerprint density at radius 1 is 0.919 bits per heavy atom. The maximum Gasteiger partial charge on any atom is 0.339 e. The molecule has 0 aliphatic carbocycles. The Bertz CT molecular complexity index is 1370. The molecular formula is C31H34N2O3S. The standard InChI is InChI=1S/C31H34N2O3S/c1-30(2,3)24-16-22(17-25(27(24)34)31(4,5)6)26-19-37-29(32-23-10-8-7-9-11-23)33(26)18-20-12-14-21(15-13-20)28(35)36/h7-17,19H,18H2,1-6H3,(H2,34,35,36). The van der Waals surface area contributed by atoms with Crippen LogP contribution < -0.4 is 15.0 Å². The number of nitrogens with one attached hydrogen (secondary N) is 1. The van der Waals surface area contributed by atoms with E-state index in [0.717, 1.165) is 38.8 Å². The van der Waals surface area contributed by atoms with Crippen molar-refractivity contribution in [2.75, 3.05) is 5.32 Å². The number of carbonyl (C=O) groups is 1. The lowest BCUT2D eigenvalue weighted by Crippen LogP contribution is -2.37. The average Bonchev–Trinajstić information content (AvgIpc) is 3.20. The minimum atomic E-state index is -1.18. The van der Waals surface area contributed by atoms with Gasteiger partial charge in [0.1, 0.15) is 23.7 Å². The molecular weight excluding hydrogens is 480 g/mol. The highest BCUT2D eigenvalue weighted by Crippen LogP contribution is 2.42. The van der Waals surface area contributed by atoms with Gasteiger partial charge in [-0.25, -0.2) is 9.88 Å². The normalized spacial score (nSPS) is 11.9. The summed E-state index contributed by atoms with van der Waals surface area (Å²) in [4.78, 5) is 11.2. The lowest BCUT2D eigenvalue weighted by atomic mass is 9.78. The summed E-state index contributed by atoms with van der Waals surface area (Å²) in [6.45, 7) is 13.2. The molecule has 5 nitrogen and oxygen atoms in total. The van der Waals surface area contributed by atoms with Gasteiger partial charge in [0.05, 0.1) is 5.97 Å². The summed E-state index contributed by atoms with van der Waals surface area (Å²) in [6, 6.07) is 21.0. The molecule has 1 aromatic heterocycles. The number of carboxylic acid groups (broad SMARTS) is 1. The number of anilines is 2. The zero-order chi connectivity index (χ0) is 27.0. The van der Waals surface area contributed by atoms with Crippen molar-refractivity contribution in [1.82, 2.24) is 0 Å². The molecule has 37 heavy (non-hydrogen) atoms. The third-order valence-electron chi connectivity index (χ3n) is 6.40. The van der Waals surface area contributed by atoms with Crippen LogP contribution >= 0.6 is 11.3 Å². The molecule has 1 heterocycles. The predicted molar refractivity (Wildman–Crippen MR) is 149 cm³/mol. The summed E-state index contributed by atoms with van der Waals surface area (Å²) in [5, 5.41) is 29.1. The Labute approximate surface area is 223 Å². The van der Waals surface area contributed by atoms with Crippen LogP contribution in [0.25, 0.3) is 11.3 Å². The van der Waals surface area contributed by atoms with E-state index in [0.29, 0.717) is 12.3 Å². The van der Waals surface area contributed by atoms with E-state index in [2.05, 4.69) is 68.9 Å². The number of phenols is 1. The lowest BCUT2D eigenvalue weighted by Gasteiger charge is -2.28. The second-order valence-corrected chi connectivity index (χ2v) is 12.3. The topological polar surface area (TPSA) is 76.3 Å². The smallest absolute Gasteiger partial charge is 0.339 e. The summed E-state index contributed by atoms with van der Waals surface area (Å²) < 4.78 is 2.21. The average molecular weight is 515 g/mol. The number of carboxylic acids is 1. The van der Waals surface area contributed by atoms with Gasteiger partial charge < -0.3 is 15.0 Å². The molecule has 0 bridgehead atoms. The van der Waals surface area contributed by atoms with Gasteiger partial charge in [0.15, 0.2) is 0 Å². The Morgan fingerprint density at radius 3 is 2.00 bits per heavy atom. The molecule has 0 unspecified atom stereocenters. The molecule has 0 atom stereocenters. The number of rotatable bonds is 6. The highest BCUT2D eigenvalue weighted by molar-refractivity contribution is 7.13. The van der Waals surface area contributed by atoms with Gasteiger partial charge in [0.25, 0.3) is 0 Å². The SMILES string of the molecule is CC(C)(C)c1cc(-c2csc(Nc3ccccc3)[n+]2Cc2ccc(C(=O)[O-])cc2)cc(C(C)(C)C)c1O. The fraction of sp³-hybridized carbons (Fsp3) is 0.290. The number of hydrogen-bond acceptors (Lipinski definition) is 5. The van der Waals surface area contributed by atoms with E-state index < -0.39 is 5.97 Å². The number of para-hydroxylation sites is 1. The number of phenolic OH excluding ortho intramolecular Hbond substituents is 1. The number of hydrogen-bond donors (Lipinski definition) is 2. The fourth-order valence-corrected chi connectivity index (χ4v) is 5.28.